The van der Waals surface area contributed by atoms with Crippen LogP contribution in [0.4, 0.5) is 5.69 Å². The molecule has 1 aromatic heterocycles. The van der Waals surface area contributed by atoms with Crippen molar-refractivity contribution in [3.63, 3.8) is 0 Å². The number of nitrogens with one attached hydrogen (secondary N) is 1. The molecule has 3 rings (SSSR count). The SMILES string of the molecule is Cc1oc(-c2ccccc2)nc1CC(=O)Nc1cccc(Cl)c1. The third-order valence-electron chi connectivity index (χ3n) is 3.35. The number of hydrogen-bond acceptors (Lipinski definition) is 3. The lowest BCUT2D eigenvalue weighted by Gasteiger charge is -2.04. The molecular formula is C18H15ClN2O2. The quantitative estimate of drug-likeness (QED) is 0.768. The Labute approximate surface area is 139 Å². The molecule has 4 nitrogen and oxygen atoms in total. The van der Waals surface area contributed by atoms with E-state index in [-0.39, 0.29) is 12.3 Å². The van der Waals surface area contributed by atoms with Crippen molar-refractivity contribution < 1.29 is 9.21 Å². The van der Waals surface area contributed by atoms with Gasteiger partial charge < -0.3 is 9.73 Å². The van der Waals surface area contributed by atoms with Gasteiger partial charge in [0.1, 0.15) is 5.76 Å². The van der Waals surface area contributed by atoms with Gasteiger partial charge in [0, 0.05) is 16.3 Å². The molecule has 116 valence electrons. The summed E-state index contributed by atoms with van der Waals surface area (Å²) < 4.78 is 5.66. The summed E-state index contributed by atoms with van der Waals surface area (Å²) >= 11 is 5.91. The van der Waals surface area contributed by atoms with Crippen LogP contribution in [0, 0.1) is 6.92 Å². The fraction of sp³-hybridized carbons (Fsp3) is 0.111. The Morgan fingerprint density at radius 1 is 1.17 bits per heavy atom. The first-order valence-electron chi connectivity index (χ1n) is 7.19. The monoisotopic (exact) mass is 326 g/mol. The zero-order chi connectivity index (χ0) is 16.2. The average molecular weight is 327 g/mol. The third-order valence-corrected chi connectivity index (χ3v) is 3.58. The van der Waals surface area contributed by atoms with Crippen LogP contribution in [0.2, 0.25) is 5.02 Å². The maximum absolute atomic E-state index is 12.2. The maximum Gasteiger partial charge on any atom is 0.230 e. The van der Waals surface area contributed by atoms with Gasteiger partial charge in [-0.1, -0.05) is 35.9 Å². The molecule has 3 aromatic rings. The van der Waals surface area contributed by atoms with E-state index in [4.69, 9.17) is 16.0 Å². The number of nitrogens with zero attached hydrogens (tertiary/aromatic N) is 1. The number of anilines is 1. The van der Waals surface area contributed by atoms with Crippen LogP contribution in [0.25, 0.3) is 11.5 Å². The molecular weight excluding hydrogens is 312 g/mol. The molecule has 1 N–H and O–H groups in total. The summed E-state index contributed by atoms with van der Waals surface area (Å²) in [4.78, 5) is 16.6. The largest absolute Gasteiger partial charge is 0.441 e. The first kappa shape index (κ1) is 15.3. The Bertz CT molecular complexity index is 828. The maximum atomic E-state index is 12.2. The predicted octanol–water partition coefficient (Wildman–Crippen LogP) is 4.48. The fourth-order valence-corrected chi connectivity index (χ4v) is 2.41. The van der Waals surface area contributed by atoms with Gasteiger partial charge in [0.25, 0.3) is 0 Å². The number of oxazole rings is 1. The molecule has 23 heavy (non-hydrogen) atoms. The van der Waals surface area contributed by atoms with Crippen LogP contribution in [0.1, 0.15) is 11.5 Å². The first-order valence-corrected chi connectivity index (χ1v) is 7.57. The summed E-state index contributed by atoms with van der Waals surface area (Å²) in [6, 6.07) is 16.6. The van der Waals surface area contributed by atoms with Crippen LogP contribution in [0.3, 0.4) is 0 Å². The summed E-state index contributed by atoms with van der Waals surface area (Å²) in [5.41, 5.74) is 2.17. The molecule has 0 radical (unpaired) electrons. The van der Waals surface area contributed by atoms with Crippen LogP contribution >= 0.6 is 11.6 Å². The molecule has 0 aliphatic carbocycles. The molecule has 1 heterocycles. The van der Waals surface area contributed by atoms with E-state index in [0.717, 1.165) is 5.56 Å². The number of benzene rings is 2. The van der Waals surface area contributed by atoms with Crippen molar-refractivity contribution in [3.05, 3.63) is 71.1 Å². The van der Waals surface area contributed by atoms with Crippen LogP contribution in [0.15, 0.2) is 59.0 Å². The number of carbonyl (C=O) groups is 1. The minimum atomic E-state index is -0.164. The Balaban J connectivity index is 1.73. The minimum Gasteiger partial charge on any atom is -0.441 e. The molecule has 0 aliphatic rings. The number of carbonyl (C=O) groups excluding carboxylic acids is 1. The highest BCUT2D eigenvalue weighted by molar-refractivity contribution is 6.30. The van der Waals surface area contributed by atoms with Crippen molar-refractivity contribution in [2.75, 3.05) is 5.32 Å². The lowest BCUT2D eigenvalue weighted by Crippen LogP contribution is -2.15. The standard InChI is InChI=1S/C18H15ClN2O2/c1-12-16(21-18(23-12)13-6-3-2-4-7-13)11-17(22)20-15-9-5-8-14(19)10-15/h2-10H,11H2,1H3,(H,20,22). The van der Waals surface area contributed by atoms with Gasteiger partial charge in [-0.3, -0.25) is 4.79 Å². The number of rotatable bonds is 4. The minimum absolute atomic E-state index is 0.148. The van der Waals surface area contributed by atoms with E-state index in [1.54, 1.807) is 31.2 Å². The van der Waals surface area contributed by atoms with Crippen LogP contribution in [-0.4, -0.2) is 10.9 Å². The zero-order valence-corrected chi connectivity index (χ0v) is 13.3. The Morgan fingerprint density at radius 3 is 2.70 bits per heavy atom. The molecule has 0 fully saturated rings. The highest BCUT2D eigenvalue weighted by atomic mass is 35.5. The molecule has 0 aliphatic heterocycles. The summed E-state index contributed by atoms with van der Waals surface area (Å²) in [6.45, 7) is 1.81. The van der Waals surface area contributed by atoms with E-state index in [1.807, 2.05) is 30.3 Å². The molecule has 0 spiro atoms. The second kappa shape index (κ2) is 6.67. The molecule has 0 saturated heterocycles. The second-order valence-electron chi connectivity index (χ2n) is 5.12. The summed E-state index contributed by atoms with van der Waals surface area (Å²) in [5.74, 6) is 1.00. The molecule has 0 saturated carbocycles. The van der Waals surface area contributed by atoms with Crippen molar-refractivity contribution >= 4 is 23.2 Å². The second-order valence-corrected chi connectivity index (χ2v) is 5.56. The molecule has 0 atom stereocenters. The zero-order valence-electron chi connectivity index (χ0n) is 12.5. The predicted molar refractivity (Wildman–Crippen MR) is 90.5 cm³/mol. The Kier molecular flexibility index (Phi) is 4.44. The van der Waals surface area contributed by atoms with Gasteiger partial charge in [-0.2, -0.15) is 0 Å². The lowest BCUT2D eigenvalue weighted by atomic mass is 10.2. The molecule has 0 unspecified atom stereocenters. The van der Waals surface area contributed by atoms with Gasteiger partial charge in [0.15, 0.2) is 0 Å². The van der Waals surface area contributed by atoms with Crippen molar-refractivity contribution in [1.82, 2.24) is 4.98 Å². The van der Waals surface area contributed by atoms with Gasteiger partial charge >= 0.3 is 0 Å². The van der Waals surface area contributed by atoms with Crippen molar-refractivity contribution in [2.24, 2.45) is 0 Å². The third kappa shape index (κ3) is 3.79. The van der Waals surface area contributed by atoms with Gasteiger partial charge in [-0.15, -0.1) is 0 Å². The van der Waals surface area contributed by atoms with E-state index in [0.29, 0.717) is 28.1 Å². The number of hydrogen-bond donors (Lipinski definition) is 1. The van der Waals surface area contributed by atoms with Gasteiger partial charge in [-0.05, 0) is 37.3 Å². The molecule has 5 heteroatoms. The highest BCUT2D eigenvalue weighted by Gasteiger charge is 2.14. The average Bonchev–Trinajstić information content (AvgIpc) is 2.89. The lowest BCUT2D eigenvalue weighted by molar-refractivity contribution is -0.115. The van der Waals surface area contributed by atoms with E-state index in [9.17, 15) is 4.79 Å². The Hall–Kier alpha value is -2.59. The molecule has 2 aromatic carbocycles. The van der Waals surface area contributed by atoms with Crippen LogP contribution in [0.5, 0.6) is 0 Å². The van der Waals surface area contributed by atoms with E-state index in [2.05, 4.69) is 10.3 Å². The van der Waals surface area contributed by atoms with E-state index >= 15 is 0 Å². The topological polar surface area (TPSA) is 55.1 Å². The number of aryl methyl sites for hydroxylation is 1. The summed E-state index contributed by atoms with van der Waals surface area (Å²) in [7, 11) is 0. The fourth-order valence-electron chi connectivity index (χ4n) is 2.22. The molecule has 0 bridgehead atoms. The van der Waals surface area contributed by atoms with Crippen molar-refractivity contribution in [3.8, 4) is 11.5 Å². The summed E-state index contributed by atoms with van der Waals surface area (Å²) in [6.07, 6.45) is 0.148. The van der Waals surface area contributed by atoms with Crippen LogP contribution in [-0.2, 0) is 11.2 Å². The normalized spacial score (nSPS) is 10.5. The number of amides is 1. The van der Waals surface area contributed by atoms with Crippen molar-refractivity contribution in [1.29, 1.82) is 0 Å². The number of halogens is 1. The number of aromatic nitrogens is 1. The van der Waals surface area contributed by atoms with Crippen LogP contribution < -0.4 is 5.32 Å². The van der Waals surface area contributed by atoms with Crippen molar-refractivity contribution in [2.45, 2.75) is 13.3 Å². The van der Waals surface area contributed by atoms with E-state index < -0.39 is 0 Å². The van der Waals surface area contributed by atoms with Gasteiger partial charge in [0.05, 0.1) is 12.1 Å². The van der Waals surface area contributed by atoms with Gasteiger partial charge in [-0.25, -0.2) is 4.98 Å². The van der Waals surface area contributed by atoms with E-state index in [1.165, 1.54) is 0 Å². The Morgan fingerprint density at radius 2 is 1.96 bits per heavy atom. The molecule has 1 amide bonds. The summed E-state index contributed by atoms with van der Waals surface area (Å²) in [5, 5.41) is 3.38. The smallest absolute Gasteiger partial charge is 0.230 e. The highest BCUT2D eigenvalue weighted by Crippen LogP contribution is 2.22. The first-order chi connectivity index (χ1) is 11.1. The van der Waals surface area contributed by atoms with Gasteiger partial charge in [0.2, 0.25) is 11.8 Å².